The molecule has 0 unspecified atom stereocenters. The predicted molar refractivity (Wildman–Crippen MR) is 91.9 cm³/mol. The van der Waals surface area contributed by atoms with Crippen LogP contribution in [0.4, 0.5) is 18.3 Å². The highest BCUT2D eigenvalue weighted by molar-refractivity contribution is 7.15. The van der Waals surface area contributed by atoms with E-state index in [0.717, 1.165) is 23.4 Å². The van der Waals surface area contributed by atoms with E-state index < -0.39 is 17.8 Å². The molecule has 0 spiro atoms. The normalized spacial score (nSPS) is 20.3. The fraction of sp³-hybridized carbons (Fsp3) is 0.412. The van der Waals surface area contributed by atoms with Gasteiger partial charge < -0.3 is 10.5 Å². The molecule has 0 radical (unpaired) electrons. The number of halogens is 3. The van der Waals surface area contributed by atoms with Crippen LogP contribution in [0.15, 0.2) is 30.5 Å². The lowest BCUT2D eigenvalue weighted by Gasteiger charge is -2.11. The van der Waals surface area contributed by atoms with Crippen LogP contribution in [0, 0.1) is 0 Å². The van der Waals surface area contributed by atoms with Crippen LogP contribution in [0.2, 0.25) is 0 Å². The first-order valence-corrected chi connectivity index (χ1v) is 8.94. The zero-order valence-electron chi connectivity index (χ0n) is 13.8. The minimum Gasteiger partial charge on any atom is -0.364 e. The van der Waals surface area contributed by atoms with Crippen molar-refractivity contribution < 1.29 is 22.7 Å². The van der Waals surface area contributed by atoms with Crippen molar-refractivity contribution in [3.8, 4) is 0 Å². The first-order valence-electron chi connectivity index (χ1n) is 8.12. The van der Waals surface area contributed by atoms with Gasteiger partial charge in [0.25, 0.3) is 5.91 Å². The zero-order chi connectivity index (χ0) is 18.7. The molecule has 26 heavy (non-hydrogen) atoms. The maximum Gasteiger partial charge on any atom is 0.416 e. The molecule has 0 bridgehead atoms. The average Bonchev–Trinajstić information content (AvgIpc) is 3.23. The number of carbonyl (C=O) groups is 1. The fourth-order valence-corrected chi connectivity index (χ4v) is 3.61. The van der Waals surface area contributed by atoms with E-state index in [2.05, 4.69) is 10.3 Å². The number of anilines is 1. The van der Waals surface area contributed by atoms with Gasteiger partial charge in [-0.3, -0.25) is 10.1 Å². The summed E-state index contributed by atoms with van der Waals surface area (Å²) in [5, 5.41) is 3.09. The Bertz CT molecular complexity index is 779. The van der Waals surface area contributed by atoms with Gasteiger partial charge in [0.1, 0.15) is 6.10 Å². The van der Waals surface area contributed by atoms with Crippen molar-refractivity contribution in [3.05, 3.63) is 46.5 Å². The van der Waals surface area contributed by atoms with E-state index in [1.165, 1.54) is 17.4 Å². The van der Waals surface area contributed by atoms with E-state index >= 15 is 0 Å². The summed E-state index contributed by atoms with van der Waals surface area (Å²) in [5.74, 6) is -0.277. The van der Waals surface area contributed by atoms with Crippen molar-refractivity contribution in [2.24, 2.45) is 5.73 Å². The van der Waals surface area contributed by atoms with E-state index in [0.29, 0.717) is 30.1 Å². The molecule has 1 aromatic heterocycles. The number of hydrogen-bond acceptors (Lipinski definition) is 5. The van der Waals surface area contributed by atoms with Gasteiger partial charge in [-0.05, 0) is 24.5 Å². The molecule has 3 rings (SSSR count). The molecule has 0 aliphatic carbocycles. The highest BCUT2D eigenvalue weighted by Crippen LogP contribution is 2.30. The molecule has 1 aliphatic heterocycles. The molecular weight excluding hydrogens is 367 g/mol. The SMILES string of the molecule is NC[C@H]1CC[C@@H](C(=O)Nc2ncc(Cc3cccc(C(F)(F)F)c3)s2)O1. The standard InChI is InChI=1S/C17H18F3N3O2S/c18-17(19,20)11-3-1-2-10(6-11)7-13-9-22-16(26-13)23-15(24)14-5-4-12(8-21)25-14/h1-3,6,9,12,14H,4-5,7-8,21H2,(H,22,23,24)/t12-,14+/m1/s1. The van der Waals surface area contributed by atoms with Crippen LogP contribution in [0.1, 0.15) is 28.8 Å². The van der Waals surface area contributed by atoms with Crippen molar-refractivity contribution in [1.29, 1.82) is 0 Å². The van der Waals surface area contributed by atoms with Gasteiger partial charge >= 0.3 is 6.18 Å². The minimum atomic E-state index is -4.37. The summed E-state index contributed by atoms with van der Waals surface area (Å²) < 4.78 is 43.9. The Kier molecular flexibility index (Phi) is 5.59. The number of nitrogens with zero attached hydrogens (tertiary/aromatic N) is 1. The van der Waals surface area contributed by atoms with E-state index in [1.807, 2.05) is 0 Å². The number of nitrogens with two attached hydrogens (primary N) is 1. The van der Waals surface area contributed by atoms with Crippen molar-refractivity contribution in [1.82, 2.24) is 4.98 Å². The number of thiazole rings is 1. The second-order valence-corrected chi connectivity index (χ2v) is 7.17. The van der Waals surface area contributed by atoms with Gasteiger partial charge in [0, 0.05) is 24.0 Å². The van der Waals surface area contributed by atoms with E-state index in [9.17, 15) is 18.0 Å². The molecule has 0 saturated carbocycles. The number of aromatic nitrogens is 1. The number of hydrogen-bond donors (Lipinski definition) is 2. The Labute approximate surface area is 152 Å². The monoisotopic (exact) mass is 385 g/mol. The van der Waals surface area contributed by atoms with Gasteiger partial charge in [0.15, 0.2) is 5.13 Å². The molecular formula is C17H18F3N3O2S. The Balaban J connectivity index is 1.61. The maximum absolute atomic E-state index is 12.8. The number of alkyl halides is 3. The van der Waals surface area contributed by atoms with Gasteiger partial charge in [0.05, 0.1) is 11.7 Å². The van der Waals surface area contributed by atoms with Crippen LogP contribution < -0.4 is 11.1 Å². The first kappa shape index (κ1) is 18.8. The van der Waals surface area contributed by atoms with Crippen LogP contribution in [0.3, 0.4) is 0 Å². The minimum absolute atomic E-state index is 0.0986. The average molecular weight is 385 g/mol. The Morgan fingerprint density at radius 1 is 1.38 bits per heavy atom. The molecule has 1 amide bonds. The molecule has 9 heteroatoms. The quantitative estimate of drug-likeness (QED) is 0.829. The van der Waals surface area contributed by atoms with Crippen molar-refractivity contribution in [2.75, 3.05) is 11.9 Å². The topological polar surface area (TPSA) is 77.2 Å². The molecule has 3 N–H and O–H groups in total. The smallest absolute Gasteiger partial charge is 0.364 e. The van der Waals surface area contributed by atoms with Gasteiger partial charge in [0.2, 0.25) is 0 Å². The van der Waals surface area contributed by atoms with Crippen LogP contribution in [0.5, 0.6) is 0 Å². The summed E-state index contributed by atoms with van der Waals surface area (Å²) in [7, 11) is 0. The largest absolute Gasteiger partial charge is 0.416 e. The van der Waals surface area contributed by atoms with Crippen LogP contribution >= 0.6 is 11.3 Å². The van der Waals surface area contributed by atoms with Crippen molar-refractivity contribution in [2.45, 2.75) is 37.6 Å². The Hall–Kier alpha value is -1.97. The number of amides is 1. The zero-order valence-corrected chi connectivity index (χ0v) is 14.6. The maximum atomic E-state index is 12.8. The molecule has 140 valence electrons. The number of benzene rings is 1. The van der Waals surface area contributed by atoms with E-state index in [4.69, 9.17) is 10.5 Å². The third kappa shape index (κ3) is 4.60. The third-order valence-corrected chi connectivity index (χ3v) is 4.99. The van der Waals surface area contributed by atoms with Crippen LogP contribution in [0.25, 0.3) is 0 Å². The summed E-state index contributed by atoms with van der Waals surface area (Å²) >= 11 is 1.23. The van der Waals surface area contributed by atoms with Gasteiger partial charge in [-0.2, -0.15) is 13.2 Å². The number of rotatable bonds is 5. The predicted octanol–water partition coefficient (Wildman–Crippen LogP) is 3.20. The molecule has 1 fully saturated rings. The summed E-state index contributed by atoms with van der Waals surface area (Å²) in [6.07, 6.45) is -1.79. The molecule has 1 aliphatic rings. The van der Waals surface area contributed by atoms with Crippen molar-refractivity contribution in [3.63, 3.8) is 0 Å². The lowest BCUT2D eigenvalue weighted by Crippen LogP contribution is -2.29. The summed E-state index contributed by atoms with van der Waals surface area (Å²) in [4.78, 5) is 17.0. The molecule has 1 saturated heterocycles. The summed E-state index contributed by atoms with van der Waals surface area (Å²) in [6.45, 7) is 0.377. The number of carbonyl (C=O) groups excluding carboxylic acids is 1. The molecule has 2 atom stereocenters. The number of ether oxygens (including phenoxy) is 1. The van der Waals surface area contributed by atoms with Crippen LogP contribution in [-0.4, -0.2) is 29.6 Å². The van der Waals surface area contributed by atoms with Gasteiger partial charge in [-0.25, -0.2) is 4.98 Å². The fourth-order valence-electron chi connectivity index (χ4n) is 2.76. The Morgan fingerprint density at radius 3 is 2.88 bits per heavy atom. The number of nitrogens with one attached hydrogen (secondary N) is 1. The second kappa shape index (κ2) is 7.73. The molecule has 5 nitrogen and oxygen atoms in total. The molecule has 2 aromatic rings. The van der Waals surface area contributed by atoms with Gasteiger partial charge in [-0.1, -0.05) is 18.2 Å². The van der Waals surface area contributed by atoms with Crippen molar-refractivity contribution >= 4 is 22.4 Å². The lowest BCUT2D eigenvalue weighted by molar-refractivity contribution is -0.137. The third-order valence-electron chi connectivity index (χ3n) is 4.08. The highest BCUT2D eigenvalue weighted by atomic mass is 32.1. The van der Waals surface area contributed by atoms with Crippen LogP contribution in [-0.2, 0) is 22.1 Å². The van der Waals surface area contributed by atoms with E-state index in [-0.39, 0.29) is 12.0 Å². The lowest BCUT2D eigenvalue weighted by atomic mass is 10.1. The van der Waals surface area contributed by atoms with E-state index in [1.54, 1.807) is 12.3 Å². The second-order valence-electron chi connectivity index (χ2n) is 6.06. The first-order chi connectivity index (χ1) is 12.3. The summed E-state index contributed by atoms with van der Waals surface area (Å²) in [6, 6.07) is 5.18. The summed E-state index contributed by atoms with van der Waals surface area (Å²) in [5.41, 5.74) is 5.38. The molecule has 2 heterocycles. The van der Waals surface area contributed by atoms with Gasteiger partial charge in [-0.15, -0.1) is 11.3 Å². The Morgan fingerprint density at radius 2 is 2.19 bits per heavy atom. The highest BCUT2D eigenvalue weighted by Gasteiger charge is 2.31. The molecule has 1 aromatic carbocycles.